The van der Waals surface area contributed by atoms with Gasteiger partial charge >= 0.3 is 6.03 Å². The molecule has 4 aliphatic carbocycles. The Morgan fingerprint density at radius 2 is 1.71 bits per heavy atom. The van der Waals surface area contributed by atoms with Crippen LogP contribution in [0.25, 0.3) is 0 Å². The number of anilines is 2. The molecule has 1 saturated heterocycles. The third-order valence-electron chi connectivity index (χ3n) is 8.63. The minimum absolute atomic E-state index is 0.0381. The minimum Gasteiger partial charge on any atom is -0.383 e. The number of piperidine rings is 1. The third-order valence-corrected chi connectivity index (χ3v) is 8.63. The van der Waals surface area contributed by atoms with Gasteiger partial charge in [-0.05, 0) is 93.2 Å². The van der Waals surface area contributed by atoms with Gasteiger partial charge in [-0.1, -0.05) is 6.92 Å². The molecule has 1 aliphatic heterocycles. The van der Waals surface area contributed by atoms with Gasteiger partial charge < -0.3 is 25.6 Å². The van der Waals surface area contributed by atoms with Crippen molar-refractivity contribution in [3.8, 4) is 0 Å². The molecule has 5 aliphatic rings. The molecule has 0 radical (unpaired) electrons. The number of hydrogen-bond acceptors (Lipinski definition) is 4. The number of amides is 3. The maximum atomic E-state index is 13.1. The standard InChI is InChI=1S/C27H40N4O3/c1-18-5-8-31(9-6-18)24-4-3-22(14-23(24)25(32)28-7-10-34-2)29-26(33)30-27-15-19-11-20(16-27)13-21(12-19)17-27/h3-4,14,18-21H,5-13,15-17H2,1-2H3,(H,28,32)(H2,29,30,33). The maximum absolute atomic E-state index is 13.1. The average Bonchev–Trinajstić information content (AvgIpc) is 2.78. The summed E-state index contributed by atoms with van der Waals surface area (Å²) in [6.07, 6.45) is 9.64. The van der Waals surface area contributed by atoms with Crippen LogP contribution in [0, 0.1) is 23.7 Å². The van der Waals surface area contributed by atoms with Crippen LogP contribution in [0.1, 0.15) is 68.6 Å². The normalized spacial score (nSPS) is 30.3. The van der Waals surface area contributed by atoms with Gasteiger partial charge in [0, 0.05) is 43.7 Å². The number of nitrogens with one attached hydrogen (secondary N) is 3. The van der Waals surface area contributed by atoms with E-state index in [0.29, 0.717) is 30.3 Å². The van der Waals surface area contributed by atoms with E-state index in [1.165, 1.54) is 19.3 Å². The molecule has 1 heterocycles. The largest absolute Gasteiger partial charge is 0.383 e. The van der Waals surface area contributed by atoms with Gasteiger partial charge in [0.05, 0.1) is 12.2 Å². The van der Waals surface area contributed by atoms with E-state index in [1.54, 1.807) is 7.11 Å². The Kier molecular flexibility index (Phi) is 6.74. The second-order valence-electron chi connectivity index (χ2n) is 11.4. The molecular formula is C27H40N4O3. The van der Waals surface area contributed by atoms with Gasteiger partial charge in [0.2, 0.25) is 0 Å². The number of carbonyl (C=O) groups is 2. The first-order chi connectivity index (χ1) is 16.4. The predicted molar refractivity (Wildman–Crippen MR) is 134 cm³/mol. The Labute approximate surface area is 203 Å². The molecule has 4 saturated carbocycles. The highest BCUT2D eigenvalue weighted by Crippen LogP contribution is 2.55. The highest BCUT2D eigenvalue weighted by atomic mass is 16.5. The molecule has 0 aromatic heterocycles. The molecule has 0 atom stereocenters. The van der Waals surface area contributed by atoms with Crippen molar-refractivity contribution in [2.45, 2.75) is 63.8 Å². The average molecular weight is 469 g/mol. The predicted octanol–water partition coefficient (Wildman–Crippen LogP) is 4.39. The van der Waals surface area contributed by atoms with Crippen molar-refractivity contribution >= 4 is 23.3 Å². The summed E-state index contributed by atoms with van der Waals surface area (Å²) >= 11 is 0. The number of rotatable bonds is 7. The summed E-state index contributed by atoms with van der Waals surface area (Å²) in [7, 11) is 1.62. The highest BCUT2D eigenvalue weighted by Gasteiger charge is 2.51. The number of ether oxygens (including phenoxy) is 1. The fourth-order valence-electron chi connectivity index (χ4n) is 7.35. The van der Waals surface area contributed by atoms with Crippen molar-refractivity contribution < 1.29 is 14.3 Å². The molecule has 7 nitrogen and oxygen atoms in total. The maximum Gasteiger partial charge on any atom is 0.319 e. The zero-order valence-electron chi connectivity index (χ0n) is 20.7. The lowest BCUT2D eigenvalue weighted by molar-refractivity contribution is -0.0127. The lowest BCUT2D eigenvalue weighted by atomic mass is 9.53. The lowest BCUT2D eigenvalue weighted by Gasteiger charge is -2.56. The second kappa shape index (κ2) is 9.76. The first-order valence-corrected chi connectivity index (χ1v) is 13.2. The zero-order valence-corrected chi connectivity index (χ0v) is 20.7. The van der Waals surface area contributed by atoms with Crippen molar-refractivity contribution in [3.63, 3.8) is 0 Å². The van der Waals surface area contributed by atoms with Crippen molar-refractivity contribution in [3.05, 3.63) is 23.8 Å². The highest BCUT2D eigenvalue weighted by molar-refractivity contribution is 6.02. The summed E-state index contributed by atoms with van der Waals surface area (Å²) in [5.74, 6) is 2.92. The summed E-state index contributed by atoms with van der Waals surface area (Å²) in [6.45, 7) is 5.09. The molecule has 6 rings (SSSR count). The Bertz CT molecular complexity index is 874. The molecule has 0 spiro atoms. The van der Waals surface area contributed by atoms with Crippen LogP contribution in [0.3, 0.4) is 0 Å². The van der Waals surface area contributed by atoms with Crippen LogP contribution in [0.15, 0.2) is 18.2 Å². The number of nitrogens with zero attached hydrogens (tertiary/aromatic N) is 1. The molecule has 1 aromatic carbocycles. The lowest BCUT2D eigenvalue weighted by Crippen LogP contribution is -2.60. The SMILES string of the molecule is COCCNC(=O)c1cc(NC(=O)NC23CC4CC(CC(C4)C2)C3)ccc1N1CCC(C)CC1. The second-order valence-corrected chi connectivity index (χ2v) is 11.4. The van der Waals surface area contributed by atoms with E-state index in [0.717, 1.165) is 68.6 Å². The Hall–Kier alpha value is -2.28. The van der Waals surface area contributed by atoms with E-state index in [1.807, 2.05) is 18.2 Å². The molecule has 7 heteroatoms. The van der Waals surface area contributed by atoms with Gasteiger partial charge in [-0.25, -0.2) is 4.79 Å². The third kappa shape index (κ3) is 5.04. The summed E-state index contributed by atoms with van der Waals surface area (Å²) in [5, 5.41) is 9.37. The van der Waals surface area contributed by atoms with Crippen molar-refractivity contribution in [1.82, 2.24) is 10.6 Å². The van der Waals surface area contributed by atoms with Crippen LogP contribution < -0.4 is 20.9 Å². The quantitative estimate of drug-likeness (QED) is 0.519. The Balaban J connectivity index is 1.29. The van der Waals surface area contributed by atoms with Gasteiger partial charge in [0.25, 0.3) is 5.91 Å². The van der Waals surface area contributed by atoms with E-state index >= 15 is 0 Å². The summed E-state index contributed by atoms with van der Waals surface area (Å²) in [5.41, 5.74) is 2.17. The number of urea groups is 1. The molecular weight excluding hydrogens is 428 g/mol. The minimum atomic E-state index is -0.146. The van der Waals surface area contributed by atoms with Crippen molar-refractivity contribution in [1.29, 1.82) is 0 Å². The van der Waals surface area contributed by atoms with E-state index < -0.39 is 0 Å². The summed E-state index contributed by atoms with van der Waals surface area (Å²) in [6, 6.07) is 5.60. The number of methoxy groups -OCH3 is 1. The number of benzene rings is 1. The molecule has 0 unspecified atom stereocenters. The first-order valence-electron chi connectivity index (χ1n) is 13.2. The molecule has 186 valence electrons. The smallest absolute Gasteiger partial charge is 0.319 e. The fraction of sp³-hybridized carbons (Fsp3) is 0.704. The van der Waals surface area contributed by atoms with E-state index in [9.17, 15) is 9.59 Å². The van der Waals surface area contributed by atoms with Gasteiger partial charge in [-0.3, -0.25) is 4.79 Å². The van der Waals surface area contributed by atoms with E-state index in [2.05, 4.69) is 27.8 Å². The van der Waals surface area contributed by atoms with Gasteiger partial charge in [-0.15, -0.1) is 0 Å². The molecule has 34 heavy (non-hydrogen) atoms. The number of carbonyl (C=O) groups excluding carboxylic acids is 2. The number of hydrogen-bond donors (Lipinski definition) is 3. The van der Waals surface area contributed by atoms with Crippen molar-refractivity contribution in [2.75, 3.05) is 43.6 Å². The van der Waals surface area contributed by atoms with Crippen LogP contribution in [0.2, 0.25) is 0 Å². The molecule has 3 N–H and O–H groups in total. The Morgan fingerprint density at radius 1 is 1.06 bits per heavy atom. The van der Waals surface area contributed by atoms with Gasteiger partial charge in [0.15, 0.2) is 0 Å². The molecule has 4 bridgehead atoms. The molecule has 1 aromatic rings. The van der Waals surface area contributed by atoms with E-state index in [-0.39, 0.29) is 17.5 Å². The zero-order chi connectivity index (χ0) is 23.7. The topological polar surface area (TPSA) is 82.7 Å². The van der Waals surface area contributed by atoms with Crippen LogP contribution >= 0.6 is 0 Å². The Morgan fingerprint density at radius 3 is 2.32 bits per heavy atom. The molecule has 5 fully saturated rings. The van der Waals surface area contributed by atoms with Crippen molar-refractivity contribution in [2.24, 2.45) is 23.7 Å². The van der Waals surface area contributed by atoms with Crippen LogP contribution in [-0.4, -0.2) is 50.8 Å². The summed E-state index contributed by atoms with van der Waals surface area (Å²) in [4.78, 5) is 28.4. The van der Waals surface area contributed by atoms with Crippen LogP contribution in [0.5, 0.6) is 0 Å². The monoisotopic (exact) mass is 468 g/mol. The van der Waals surface area contributed by atoms with Crippen LogP contribution in [0.4, 0.5) is 16.2 Å². The van der Waals surface area contributed by atoms with Gasteiger partial charge in [-0.2, -0.15) is 0 Å². The van der Waals surface area contributed by atoms with Crippen LogP contribution in [-0.2, 0) is 4.74 Å². The van der Waals surface area contributed by atoms with Gasteiger partial charge in [0.1, 0.15) is 0 Å². The first kappa shape index (κ1) is 23.5. The fourth-order valence-corrected chi connectivity index (χ4v) is 7.35. The summed E-state index contributed by atoms with van der Waals surface area (Å²) < 4.78 is 5.09. The molecule has 3 amide bonds. The van der Waals surface area contributed by atoms with E-state index in [4.69, 9.17) is 4.74 Å².